The molecule has 1 aliphatic heterocycles. The molecule has 1 saturated heterocycles. The molecule has 1 heterocycles. The molecule has 31 heavy (non-hydrogen) atoms. The maximum absolute atomic E-state index is 12.8. The van der Waals surface area contributed by atoms with Crippen molar-refractivity contribution in [3.63, 3.8) is 0 Å². The predicted molar refractivity (Wildman–Crippen MR) is 117 cm³/mol. The van der Waals surface area contributed by atoms with E-state index in [1.165, 1.54) is 13.1 Å². The number of hydrogen-bond donors (Lipinski definition) is 2. The molecule has 0 radical (unpaired) electrons. The number of likely N-dealkylation sites (tertiary alicyclic amines) is 1. The zero-order valence-corrected chi connectivity index (χ0v) is 18.3. The van der Waals surface area contributed by atoms with Crippen LogP contribution in [0.3, 0.4) is 0 Å². The fourth-order valence-electron chi connectivity index (χ4n) is 3.08. The van der Waals surface area contributed by atoms with Gasteiger partial charge in [0.05, 0.1) is 5.69 Å². The molecule has 3 N–H and O–H groups in total. The number of nitrogen functional groups attached to an aromatic ring is 1. The summed E-state index contributed by atoms with van der Waals surface area (Å²) in [4.78, 5) is 39.6. The molecule has 9 nitrogen and oxygen atoms in total. The number of nitriles is 1. The van der Waals surface area contributed by atoms with Crippen LogP contribution in [-0.2, 0) is 14.3 Å². The molecule has 9 heteroatoms. The summed E-state index contributed by atoms with van der Waals surface area (Å²) < 4.78 is 5.38. The van der Waals surface area contributed by atoms with Crippen molar-refractivity contribution in [1.29, 1.82) is 5.26 Å². The highest BCUT2D eigenvalue weighted by Gasteiger charge is 2.27. The summed E-state index contributed by atoms with van der Waals surface area (Å²) in [7, 11) is 0. The molecule has 0 bridgehead atoms. The number of imide groups is 1. The standard InChI is InChI=1S/C22H29N5O4/c1-15(28)27(19-7-5-17(24)6-8-19)20(29)16(13-23)14-25-18-9-11-26(12-10-18)21(30)31-22(2,3)4/h5-8,14,18,25H,9-12,24H2,1-4H3/b16-14-. The first-order valence-corrected chi connectivity index (χ1v) is 10.1. The smallest absolute Gasteiger partial charge is 0.410 e. The quantitative estimate of drug-likeness (QED) is 0.429. The second-order valence-corrected chi connectivity index (χ2v) is 8.33. The van der Waals surface area contributed by atoms with Crippen molar-refractivity contribution in [2.45, 2.75) is 52.2 Å². The molecule has 0 atom stereocenters. The monoisotopic (exact) mass is 427 g/mol. The van der Waals surface area contributed by atoms with Gasteiger partial charge in [0.1, 0.15) is 17.2 Å². The van der Waals surface area contributed by atoms with Crippen LogP contribution in [0, 0.1) is 11.3 Å². The molecular formula is C22H29N5O4. The summed E-state index contributed by atoms with van der Waals surface area (Å²) in [6, 6.07) is 8.08. The van der Waals surface area contributed by atoms with Gasteiger partial charge in [-0.15, -0.1) is 0 Å². The lowest BCUT2D eigenvalue weighted by Gasteiger charge is -2.33. The third kappa shape index (κ3) is 6.74. The average Bonchev–Trinajstić information content (AvgIpc) is 2.69. The van der Waals surface area contributed by atoms with Crippen LogP contribution < -0.4 is 16.0 Å². The minimum atomic E-state index is -0.724. The van der Waals surface area contributed by atoms with E-state index in [9.17, 15) is 19.6 Å². The van der Waals surface area contributed by atoms with Crippen molar-refractivity contribution in [2.75, 3.05) is 23.7 Å². The number of nitrogens with one attached hydrogen (secondary N) is 1. The highest BCUT2D eigenvalue weighted by atomic mass is 16.6. The average molecular weight is 428 g/mol. The summed E-state index contributed by atoms with van der Waals surface area (Å²) in [5, 5.41) is 12.5. The van der Waals surface area contributed by atoms with Gasteiger partial charge in [-0.05, 0) is 57.9 Å². The lowest BCUT2D eigenvalue weighted by Crippen LogP contribution is -2.45. The van der Waals surface area contributed by atoms with Crippen molar-refractivity contribution in [1.82, 2.24) is 10.2 Å². The van der Waals surface area contributed by atoms with E-state index in [2.05, 4.69) is 5.32 Å². The second-order valence-electron chi connectivity index (χ2n) is 8.33. The van der Waals surface area contributed by atoms with Crippen molar-refractivity contribution in [2.24, 2.45) is 0 Å². The first-order valence-electron chi connectivity index (χ1n) is 10.1. The topological polar surface area (TPSA) is 129 Å². The molecule has 0 unspecified atom stereocenters. The number of rotatable bonds is 4. The third-order valence-corrected chi connectivity index (χ3v) is 4.63. The zero-order chi connectivity index (χ0) is 23.2. The Labute approximate surface area is 182 Å². The molecular weight excluding hydrogens is 398 g/mol. The van der Waals surface area contributed by atoms with E-state index >= 15 is 0 Å². The number of benzene rings is 1. The van der Waals surface area contributed by atoms with Crippen molar-refractivity contribution < 1.29 is 19.1 Å². The number of anilines is 2. The number of nitrogens with two attached hydrogens (primary N) is 1. The van der Waals surface area contributed by atoms with E-state index in [1.807, 2.05) is 26.8 Å². The number of carbonyl (C=O) groups excluding carboxylic acids is 3. The fourth-order valence-corrected chi connectivity index (χ4v) is 3.08. The van der Waals surface area contributed by atoms with Crippen LogP contribution in [0.2, 0.25) is 0 Å². The van der Waals surface area contributed by atoms with Crippen LogP contribution >= 0.6 is 0 Å². The molecule has 1 aromatic rings. The lowest BCUT2D eigenvalue weighted by atomic mass is 10.1. The van der Waals surface area contributed by atoms with E-state index in [4.69, 9.17) is 10.5 Å². The van der Waals surface area contributed by atoms with E-state index in [1.54, 1.807) is 29.2 Å². The zero-order valence-electron chi connectivity index (χ0n) is 18.3. The molecule has 0 saturated carbocycles. The maximum atomic E-state index is 12.8. The number of amides is 3. The number of carbonyl (C=O) groups is 3. The summed E-state index contributed by atoms with van der Waals surface area (Å²) in [6.07, 6.45) is 2.26. The first-order chi connectivity index (χ1) is 14.5. The van der Waals surface area contributed by atoms with Gasteiger partial charge >= 0.3 is 6.09 Å². The minimum absolute atomic E-state index is 0.0165. The van der Waals surface area contributed by atoms with Gasteiger partial charge in [0.15, 0.2) is 0 Å². The van der Waals surface area contributed by atoms with Gasteiger partial charge in [0.2, 0.25) is 5.91 Å². The van der Waals surface area contributed by atoms with Gasteiger partial charge in [-0.3, -0.25) is 9.59 Å². The van der Waals surface area contributed by atoms with Gasteiger partial charge in [0.25, 0.3) is 5.91 Å². The number of piperidine rings is 1. The Morgan fingerprint density at radius 2 is 1.81 bits per heavy atom. The summed E-state index contributed by atoms with van der Waals surface area (Å²) in [6.45, 7) is 7.71. The van der Waals surface area contributed by atoms with E-state index < -0.39 is 17.4 Å². The van der Waals surface area contributed by atoms with Crippen molar-refractivity contribution >= 4 is 29.3 Å². The molecule has 3 amide bonds. The maximum Gasteiger partial charge on any atom is 0.410 e. The van der Waals surface area contributed by atoms with Gasteiger partial charge in [-0.2, -0.15) is 5.26 Å². The van der Waals surface area contributed by atoms with Crippen molar-refractivity contribution in [3.8, 4) is 6.07 Å². The fraction of sp³-hybridized carbons (Fsp3) is 0.455. The normalized spacial score (nSPS) is 15.1. The SMILES string of the molecule is CC(=O)N(C(=O)/C(C#N)=C\NC1CCN(C(=O)OC(C)(C)C)CC1)c1ccc(N)cc1. The Balaban J connectivity index is 2.01. The van der Waals surface area contributed by atoms with Crippen molar-refractivity contribution in [3.05, 3.63) is 36.0 Å². The number of nitrogens with zero attached hydrogens (tertiary/aromatic N) is 3. The molecule has 166 valence electrons. The molecule has 1 aliphatic rings. The predicted octanol–water partition coefficient (Wildman–Crippen LogP) is 2.54. The minimum Gasteiger partial charge on any atom is -0.444 e. The molecule has 0 spiro atoms. The van der Waals surface area contributed by atoms with Gasteiger partial charge < -0.3 is 20.7 Å². The molecule has 0 aliphatic carbocycles. The van der Waals surface area contributed by atoms with Crippen LogP contribution in [0.25, 0.3) is 0 Å². The van der Waals surface area contributed by atoms with Gasteiger partial charge in [0, 0.05) is 37.9 Å². The van der Waals surface area contributed by atoms with Crippen LogP contribution in [-0.4, -0.2) is 47.5 Å². The molecule has 2 rings (SSSR count). The summed E-state index contributed by atoms with van der Waals surface area (Å²) in [5.41, 5.74) is 5.74. The largest absolute Gasteiger partial charge is 0.444 e. The van der Waals surface area contributed by atoms with Gasteiger partial charge in [-0.1, -0.05) is 0 Å². The summed E-state index contributed by atoms with van der Waals surface area (Å²) in [5.74, 6) is -1.24. The lowest BCUT2D eigenvalue weighted by molar-refractivity contribution is -0.123. The van der Waals surface area contributed by atoms with E-state index in [0.717, 1.165) is 4.90 Å². The number of ether oxygens (including phenoxy) is 1. The Kier molecular flexibility index (Phi) is 7.64. The highest BCUT2D eigenvalue weighted by molar-refractivity contribution is 6.21. The Morgan fingerprint density at radius 3 is 2.29 bits per heavy atom. The van der Waals surface area contributed by atoms with Crippen LogP contribution in [0.4, 0.5) is 16.2 Å². The third-order valence-electron chi connectivity index (χ3n) is 4.63. The Morgan fingerprint density at radius 1 is 1.23 bits per heavy atom. The second kappa shape index (κ2) is 9.98. The van der Waals surface area contributed by atoms with E-state index in [-0.39, 0.29) is 17.7 Å². The van der Waals surface area contributed by atoms with E-state index in [0.29, 0.717) is 37.3 Å². The Hall–Kier alpha value is -3.54. The highest BCUT2D eigenvalue weighted by Crippen LogP contribution is 2.19. The molecule has 1 aromatic carbocycles. The Bertz CT molecular complexity index is 888. The first kappa shape index (κ1) is 23.7. The number of hydrogen-bond acceptors (Lipinski definition) is 7. The van der Waals surface area contributed by atoms with Gasteiger partial charge in [-0.25, -0.2) is 9.69 Å². The van der Waals surface area contributed by atoms with Crippen LogP contribution in [0.1, 0.15) is 40.5 Å². The molecule has 0 aromatic heterocycles. The molecule has 1 fully saturated rings. The van der Waals surface area contributed by atoms with Crippen LogP contribution in [0.15, 0.2) is 36.0 Å². The van der Waals surface area contributed by atoms with Crippen LogP contribution in [0.5, 0.6) is 0 Å². The summed E-state index contributed by atoms with van der Waals surface area (Å²) >= 11 is 0.